The summed E-state index contributed by atoms with van der Waals surface area (Å²) in [6, 6.07) is 2.10. The number of nitrogens with one attached hydrogen (secondary N) is 1. The Balaban J connectivity index is 1.90. The van der Waals surface area contributed by atoms with E-state index in [1.807, 2.05) is 6.20 Å². The van der Waals surface area contributed by atoms with Crippen LogP contribution in [0.15, 0.2) is 16.7 Å². The van der Waals surface area contributed by atoms with Gasteiger partial charge in [0.1, 0.15) is 5.82 Å². The Morgan fingerprint density at radius 3 is 2.87 bits per heavy atom. The van der Waals surface area contributed by atoms with Gasteiger partial charge in [0, 0.05) is 17.2 Å². The molecule has 1 aromatic heterocycles. The fourth-order valence-electron chi connectivity index (χ4n) is 2.10. The molecule has 1 aliphatic rings. The van der Waals surface area contributed by atoms with Crippen LogP contribution >= 0.6 is 15.9 Å². The van der Waals surface area contributed by atoms with Crippen LogP contribution in [0.4, 0.5) is 5.82 Å². The summed E-state index contributed by atoms with van der Waals surface area (Å²) in [5, 5.41) is 3.42. The third kappa shape index (κ3) is 2.94. The summed E-state index contributed by atoms with van der Waals surface area (Å²) in [7, 11) is 0. The maximum absolute atomic E-state index is 4.34. The van der Waals surface area contributed by atoms with E-state index in [1.165, 1.54) is 31.2 Å². The van der Waals surface area contributed by atoms with E-state index in [0.717, 1.165) is 22.8 Å². The largest absolute Gasteiger partial charge is 0.370 e. The molecule has 2 rings (SSSR count). The molecule has 1 fully saturated rings. The fraction of sp³-hybridized carbons (Fsp3) is 0.583. The van der Waals surface area contributed by atoms with Crippen molar-refractivity contribution >= 4 is 21.7 Å². The van der Waals surface area contributed by atoms with E-state index in [-0.39, 0.29) is 0 Å². The van der Waals surface area contributed by atoms with Crippen LogP contribution in [-0.2, 0) is 0 Å². The molecule has 0 spiro atoms. The highest BCUT2D eigenvalue weighted by Crippen LogP contribution is 2.25. The number of hydrogen-bond acceptors (Lipinski definition) is 2. The van der Waals surface area contributed by atoms with E-state index < -0.39 is 0 Å². The van der Waals surface area contributed by atoms with Crippen LogP contribution in [0.2, 0.25) is 0 Å². The van der Waals surface area contributed by atoms with Crippen molar-refractivity contribution in [2.24, 2.45) is 5.92 Å². The molecule has 3 heteroatoms. The summed E-state index contributed by atoms with van der Waals surface area (Å²) in [5.41, 5.74) is 1.24. The predicted octanol–water partition coefficient (Wildman–Crippen LogP) is 3.75. The molecular weight excluding hydrogens is 252 g/mol. The highest BCUT2D eigenvalue weighted by Gasteiger charge is 2.14. The maximum atomic E-state index is 4.34. The van der Waals surface area contributed by atoms with Crippen molar-refractivity contribution in [1.29, 1.82) is 0 Å². The monoisotopic (exact) mass is 268 g/mol. The Labute approximate surface area is 99.6 Å². The zero-order valence-electron chi connectivity index (χ0n) is 9.09. The first-order valence-corrected chi connectivity index (χ1v) is 6.41. The van der Waals surface area contributed by atoms with Crippen LogP contribution in [0.25, 0.3) is 0 Å². The van der Waals surface area contributed by atoms with Crippen LogP contribution in [-0.4, -0.2) is 11.5 Å². The minimum absolute atomic E-state index is 0.857. The predicted molar refractivity (Wildman–Crippen MR) is 67.1 cm³/mol. The van der Waals surface area contributed by atoms with E-state index in [2.05, 4.69) is 39.2 Å². The lowest BCUT2D eigenvalue weighted by molar-refractivity contribution is 0.579. The lowest BCUT2D eigenvalue weighted by Crippen LogP contribution is -2.11. The summed E-state index contributed by atoms with van der Waals surface area (Å²) in [6.45, 7) is 3.17. The van der Waals surface area contributed by atoms with E-state index >= 15 is 0 Å². The van der Waals surface area contributed by atoms with Crippen molar-refractivity contribution in [1.82, 2.24) is 4.98 Å². The zero-order valence-corrected chi connectivity index (χ0v) is 10.7. The van der Waals surface area contributed by atoms with Crippen molar-refractivity contribution in [2.45, 2.75) is 32.6 Å². The minimum Gasteiger partial charge on any atom is -0.370 e. The maximum Gasteiger partial charge on any atom is 0.126 e. The van der Waals surface area contributed by atoms with Crippen LogP contribution in [0, 0.1) is 12.8 Å². The third-order valence-corrected chi connectivity index (χ3v) is 3.92. The van der Waals surface area contributed by atoms with Crippen molar-refractivity contribution < 1.29 is 0 Å². The number of nitrogens with zero attached hydrogens (tertiary/aromatic N) is 1. The van der Waals surface area contributed by atoms with E-state index in [4.69, 9.17) is 0 Å². The number of halogens is 1. The van der Waals surface area contributed by atoms with Crippen LogP contribution in [0.5, 0.6) is 0 Å². The first-order valence-electron chi connectivity index (χ1n) is 5.62. The molecule has 0 radical (unpaired) electrons. The number of pyridine rings is 1. The number of anilines is 1. The molecule has 0 bridgehead atoms. The van der Waals surface area contributed by atoms with Gasteiger partial charge in [-0.2, -0.15) is 0 Å². The standard InChI is InChI=1S/C12H17BrN2/c1-9-6-12(15-8-11(9)13)14-7-10-4-2-3-5-10/h6,8,10H,2-5,7H2,1H3,(H,14,15). The normalized spacial score (nSPS) is 16.9. The lowest BCUT2D eigenvalue weighted by atomic mass is 10.1. The van der Waals surface area contributed by atoms with Gasteiger partial charge in [-0.25, -0.2) is 4.98 Å². The number of hydrogen-bond donors (Lipinski definition) is 1. The summed E-state index contributed by atoms with van der Waals surface area (Å²) in [4.78, 5) is 4.34. The Morgan fingerprint density at radius 1 is 1.47 bits per heavy atom. The summed E-state index contributed by atoms with van der Waals surface area (Å²) >= 11 is 3.46. The Bertz CT molecular complexity index is 332. The molecule has 1 aliphatic carbocycles. The van der Waals surface area contributed by atoms with Gasteiger partial charge >= 0.3 is 0 Å². The van der Waals surface area contributed by atoms with Gasteiger partial charge in [-0.1, -0.05) is 12.8 Å². The van der Waals surface area contributed by atoms with Crippen molar-refractivity contribution in [2.75, 3.05) is 11.9 Å². The first-order chi connectivity index (χ1) is 7.25. The Morgan fingerprint density at radius 2 is 2.20 bits per heavy atom. The molecule has 0 saturated heterocycles. The van der Waals surface area contributed by atoms with Crippen LogP contribution < -0.4 is 5.32 Å². The molecule has 0 unspecified atom stereocenters. The summed E-state index contributed by atoms with van der Waals surface area (Å²) in [6.07, 6.45) is 7.43. The Hall–Kier alpha value is -0.570. The summed E-state index contributed by atoms with van der Waals surface area (Å²) < 4.78 is 1.08. The number of aryl methyl sites for hydroxylation is 1. The molecule has 15 heavy (non-hydrogen) atoms. The third-order valence-electron chi connectivity index (χ3n) is 3.09. The van der Waals surface area contributed by atoms with Gasteiger partial charge in [-0.15, -0.1) is 0 Å². The van der Waals surface area contributed by atoms with Crippen molar-refractivity contribution in [3.63, 3.8) is 0 Å². The first kappa shape index (κ1) is 10.9. The Kier molecular flexibility index (Phi) is 3.62. The van der Waals surface area contributed by atoms with Crippen molar-refractivity contribution in [3.8, 4) is 0 Å². The average Bonchev–Trinajstić information content (AvgIpc) is 2.73. The molecule has 0 atom stereocenters. The fourth-order valence-corrected chi connectivity index (χ4v) is 2.32. The number of aromatic nitrogens is 1. The van der Waals surface area contributed by atoms with Crippen LogP contribution in [0.3, 0.4) is 0 Å². The van der Waals surface area contributed by atoms with Gasteiger partial charge < -0.3 is 5.32 Å². The van der Waals surface area contributed by atoms with Crippen LogP contribution in [0.1, 0.15) is 31.2 Å². The van der Waals surface area contributed by atoms with Gasteiger partial charge in [0.05, 0.1) is 0 Å². The molecule has 82 valence electrons. The SMILES string of the molecule is Cc1cc(NCC2CCCC2)ncc1Br. The molecule has 1 saturated carbocycles. The second-order valence-electron chi connectivity index (χ2n) is 4.35. The average molecular weight is 269 g/mol. The van der Waals surface area contributed by atoms with Gasteiger partial charge in [-0.05, 0) is 53.2 Å². The minimum atomic E-state index is 0.857. The van der Waals surface area contributed by atoms with Gasteiger partial charge in [0.2, 0.25) is 0 Å². The molecule has 1 heterocycles. The van der Waals surface area contributed by atoms with Gasteiger partial charge in [-0.3, -0.25) is 0 Å². The highest BCUT2D eigenvalue weighted by atomic mass is 79.9. The lowest BCUT2D eigenvalue weighted by Gasteiger charge is -2.11. The number of rotatable bonds is 3. The quantitative estimate of drug-likeness (QED) is 0.903. The van der Waals surface area contributed by atoms with Crippen molar-refractivity contribution in [3.05, 3.63) is 22.3 Å². The van der Waals surface area contributed by atoms with E-state index in [9.17, 15) is 0 Å². The van der Waals surface area contributed by atoms with Gasteiger partial charge in [0.15, 0.2) is 0 Å². The second-order valence-corrected chi connectivity index (χ2v) is 5.20. The molecule has 2 nitrogen and oxygen atoms in total. The molecule has 0 aliphatic heterocycles. The summed E-state index contributed by atoms with van der Waals surface area (Å²) in [5.74, 6) is 1.86. The smallest absolute Gasteiger partial charge is 0.126 e. The molecule has 0 aromatic carbocycles. The van der Waals surface area contributed by atoms with E-state index in [0.29, 0.717) is 0 Å². The molecule has 1 N–H and O–H groups in total. The van der Waals surface area contributed by atoms with Gasteiger partial charge in [0.25, 0.3) is 0 Å². The second kappa shape index (κ2) is 4.97. The molecule has 1 aromatic rings. The zero-order chi connectivity index (χ0) is 10.7. The molecular formula is C12H17BrN2. The topological polar surface area (TPSA) is 24.9 Å². The van der Waals surface area contributed by atoms with E-state index in [1.54, 1.807) is 0 Å². The molecule has 0 amide bonds. The highest BCUT2D eigenvalue weighted by molar-refractivity contribution is 9.10.